The summed E-state index contributed by atoms with van der Waals surface area (Å²) in [5, 5.41) is 0.123. The Bertz CT molecular complexity index is 1770. The molecule has 45 heavy (non-hydrogen) atoms. The smallest absolute Gasteiger partial charge is 0.375 e. The molecule has 3 aromatic rings. The Morgan fingerprint density at radius 3 is 2.47 bits per heavy atom. The molecule has 1 amide bonds. The van der Waals surface area contributed by atoms with Crippen molar-refractivity contribution < 1.29 is 31.5 Å². The zero-order chi connectivity index (χ0) is 31.9. The molecule has 5 atom stereocenters. The number of thioether (sulfide) groups is 1. The zero-order valence-electron chi connectivity index (χ0n) is 24.9. The predicted molar refractivity (Wildman–Crippen MR) is 159 cm³/mol. The fourth-order valence-corrected chi connectivity index (χ4v) is 8.86. The van der Waals surface area contributed by atoms with Crippen molar-refractivity contribution in [2.75, 3.05) is 36.9 Å². The maximum absolute atomic E-state index is 15.4. The highest BCUT2D eigenvalue weighted by Crippen LogP contribution is 2.49. The summed E-state index contributed by atoms with van der Waals surface area (Å²) in [6, 6.07) is 2.77. The average Bonchev–Trinajstić information content (AvgIpc) is 3.54. The van der Waals surface area contributed by atoms with E-state index >= 15 is 4.39 Å². The van der Waals surface area contributed by atoms with Crippen molar-refractivity contribution in [3.8, 4) is 11.1 Å². The molecule has 4 aliphatic heterocycles. The number of anilines is 1. The van der Waals surface area contributed by atoms with Gasteiger partial charge < -0.3 is 14.5 Å². The zero-order valence-corrected chi connectivity index (χ0v) is 25.7. The first-order chi connectivity index (χ1) is 21.3. The predicted octanol–water partition coefficient (Wildman–Crippen LogP) is 4.75. The Kier molecular flexibility index (Phi) is 7.40. The SMILES string of the molecule is CC(=O)N1C[C@H](C)N(c2nc(=O)n3c4c(c(-c5ccc(F)cc5F)c(C(F)(F)F)cc24)SCC(N2C[C@@H]4C[C@H]2CO4)C3)C[C@H]1C. The molecular formula is C31H32F5N5O3S. The number of ether oxygens (including phenoxy) is 1. The van der Waals surface area contributed by atoms with Gasteiger partial charge in [-0.2, -0.15) is 18.2 Å². The fourth-order valence-electron chi connectivity index (χ4n) is 7.49. The van der Waals surface area contributed by atoms with E-state index in [4.69, 9.17) is 4.74 Å². The minimum atomic E-state index is -4.91. The second-order valence-corrected chi connectivity index (χ2v) is 13.5. The number of likely N-dealkylation sites (tertiary alicyclic amines) is 1. The normalized spacial score (nSPS) is 27.0. The molecule has 14 heteroatoms. The number of piperazine rings is 1. The monoisotopic (exact) mass is 649 g/mol. The van der Waals surface area contributed by atoms with E-state index in [9.17, 15) is 27.2 Å². The van der Waals surface area contributed by atoms with Gasteiger partial charge in [0.2, 0.25) is 5.91 Å². The summed E-state index contributed by atoms with van der Waals surface area (Å²) in [4.78, 5) is 36.5. The van der Waals surface area contributed by atoms with Crippen LogP contribution in [0.25, 0.3) is 22.0 Å². The number of carbonyl (C=O) groups excluding carboxylic acids is 1. The molecule has 0 saturated carbocycles. The van der Waals surface area contributed by atoms with Gasteiger partial charge in [-0.1, -0.05) is 0 Å². The number of aromatic nitrogens is 2. The van der Waals surface area contributed by atoms with E-state index in [1.165, 1.54) is 11.5 Å². The lowest BCUT2D eigenvalue weighted by molar-refractivity contribution is -0.137. The maximum Gasteiger partial charge on any atom is 0.417 e. The van der Waals surface area contributed by atoms with Crippen LogP contribution in [0.2, 0.25) is 0 Å². The highest BCUT2D eigenvalue weighted by molar-refractivity contribution is 7.99. The summed E-state index contributed by atoms with van der Waals surface area (Å²) in [6.07, 6.45) is -3.99. The van der Waals surface area contributed by atoms with E-state index in [1.807, 2.05) is 13.8 Å². The lowest BCUT2D eigenvalue weighted by Gasteiger charge is -2.44. The fraction of sp³-hybridized carbons (Fsp3) is 0.516. The third-order valence-corrected chi connectivity index (χ3v) is 10.8. The summed E-state index contributed by atoms with van der Waals surface area (Å²) in [5.74, 6) is -1.72. The third-order valence-electron chi connectivity index (χ3n) is 9.59. The van der Waals surface area contributed by atoms with E-state index in [2.05, 4.69) is 9.88 Å². The minimum absolute atomic E-state index is 0.0701. The molecule has 240 valence electrons. The lowest BCUT2D eigenvalue weighted by Crippen LogP contribution is -2.58. The molecule has 0 spiro atoms. The maximum atomic E-state index is 15.4. The van der Waals surface area contributed by atoms with Crippen LogP contribution in [0.5, 0.6) is 0 Å². The molecule has 5 heterocycles. The number of rotatable bonds is 3. The number of benzene rings is 2. The molecule has 7 rings (SSSR count). The number of morpholine rings is 1. The van der Waals surface area contributed by atoms with E-state index < -0.39 is 40.2 Å². The van der Waals surface area contributed by atoms with Gasteiger partial charge in [0.25, 0.3) is 0 Å². The lowest BCUT2D eigenvalue weighted by atomic mass is 9.95. The first-order valence-corrected chi connectivity index (χ1v) is 16.0. The van der Waals surface area contributed by atoms with Gasteiger partial charge >= 0.3 is 11.9 Å². The van der Waals surface area contributed by atoms with Crippen molar-refractivity contribution in [3.05, 3.63) is 51.9 Å². The molecule has 0 N–H and O–H groups in total. The Labute approximate surface area is 260 Å². The summed E-state index contributed by atoms with van der Waals surface area (Å²) in [7, 11) is 0. The minimum Gasteiger partial charge on any atom is -0.375 e. The van der Waals surface area contributed by atoms with Crippen LogP contribution in [-0.2, 0) is 22.3 Å². The van der Waals surface area contributed by atoms with Crippen LogP contribution in [0.15, 0.2) is 34.0 Å². The van der Waals surface area contributed by atoms with Gasteiger partial charge in [-0.05, 0) is 38.5 Å². The summed E-state index contributed by atoms with van der Waals surface area (Å²) < 4.78 is 81.5. The van der Waals surface area contributed by atoms with E-state index in [0.29, 0.717) is 31.5 Å². The van der Waals surface area contributed by atoms with Crippen LogP contribution in [0, 0.1) is 11.6 Å². The first-order valence-electron chi connectivity index (χ1n) is 15.0. The highest BCUT2D eigenvalue weighted by Gasteiger charge is 2.45. The number of alkyl halides is 3. The molecule has 4 aliphatic rings. The second kappa shape index (κ2) is 10.9. The molecular weight excluding hydrogens is 617 g/mol. The average molecular weight is 650 g/mol. The van der Waals surface area contributed by atoms with Crippen LogP contribution in [0.3, 0.4) is 0 Å². The molecule has 2 aromatic carbocycles. The van der Waals surface area contributed by atoms with Crippen molar-refractivity contribution in [3.63, 3.8) is 0 Å². The van der Waals surface area contributed by atoms with Crippen molar-refractivity contribution in [1.82, 2.24) is 19.4 Å². The van der Waals surface area contributed by atoms with Crippen LogP contribution in [-0.4, -0.2) is 87.5 Å². The van der Waals surface area contributed by atoms with Crippen molar-refractivity contribution in [2.24, 2.45) is 0 Å². The van der Waals surface area contributed by atoms with Gasteiger partial charge in [0.15, 0.2) is 0 Å². The van der Waals surface area contributed by atoms with Crippen LogP contribution < -0.4 is 10.6 Å². The first kappa shape index (κ1) is 30.4. The Hall–Kier alpha value is -3.23. The Morgan fingerprint density at radius 2 is 1.82 bits per heavy atom. The second-order valence-electron chi connectivity index (χ2n) is 12.5. The number of fused-ring (bicyclic) bond motifs is 2. The molecule has 1 unspecified atom stereocenters. The van der Waals surface area contributed by atoms with Crippen LogP contribution in [0.1, 0.15) is 32.8 Å². The van der Waals surface area contributed by atoms with Crippen molar-refractivity contribution in [1.29, 1.82) is 0 Å². The number of halogens is 5. The van der Waals surface area contributed by atoms with Gasteiger partial charge in [0.1, 0.15) is 17.5 Å². The van der Waals surface area contributed by atoms with Crippen LogP contribution in [0.4, 0.5) is 27.8 Å². The number of hydrogen-bond donors (Lipinski definition) is 0. The molecule has 0 radical (unpaired) electrons. The van der Waals surface area contributed by atoms with Gasteiger partial charge in [-0.25, -0.2) is 13.6 Å². The molecule has 8 nitrogen and oxygen atoms in total. The largest absolute Gasteiger partial charge is 0.417 e. The molecule has 2 bridgehead atoms. The summed E-state index contributed by atoms with van der Waals surface area (Å²) >= 11 is 1.16. The Balaban J connectivity index is 1.48. The van der Waals surface area contributed by atoms with Gasteiger partial charge in [-0.15, -0.1) is 11.8 Å². The van der Waals surface area contributed by atoms with Crippen LogP contribution >= 0.6 is 11.8 Å². The number of amides is 1. The molecule has 1 aromatic heterocycles. The van der Waals surface area contributed by atoms with Crippen molar-refractivity contribution >= 4 is 34.4 Å². The van der Waals surface area contributed by atoms with Gasteiger partial charge in [0.05, 0.1) is 23.8 Å². The molecule has 3 fully saturated rings. The van der Waals surface area contributed by atoms with Crippen molar-refractivity contribution in [2.45, 2.75) is 75.1 Å². The van der Waals surface area contributed by atoms with Gasteiger partial charge in [-0.3, -0.25) is 14.3 Å². The number of nitrogens with zero attached hydrogens (tertiary/aromatic N) is 5. The quantitative estimate of drug-likeness (QED) is 0.380. The van der Waals surface area contributed by atoms with E-state index in [-0.39, 0.29) is 70.9 Å². The number of hydrogen-bond acceptors (Lipinski definition) is 7. The molecule has 0 aliphatic carbocycles. The summed E-state index contributed by atoms with van der Waals surface area (Å²) in [5.41, 5.74) is -2.27. The number of carbonyl (C=O) groups is 1. The van der Waals surface area contributed by atoms with Gasteiger partial charge in [0, 0.05) is 90.5 Å². The Morgan fingerprint density at radius 1 is 1.04 bits per heavy atom. The topological polar surface area (TPSA) is 70.9 Å². The summed E-state index contributed by atoms with van der Waals surface area (Å²) in [6.45, 7) is 7.09. The van der Waals surface area contributed by atoms with E-state index in [1.54, 1.807) is 9.80 Å². The standard InChI is InChI=1S/C31H32F5N5O3S/c1-15-10-39(16(2)9-38(15)17(3)42)29-23-8-24(31(34,35)36)26(22-5-4-18(32)6-25(22)33)28-27(23)41(30(43)37-29)11-20(14-45-28)40-12-21-7-19(40)13-44-21/h4-6,8,15-16,19-21H,7,9-14H2,1-3H3/t15-,16+,19+,20?,21+/m1/s1. The molecule has 3 saturated heterocycles. The van der Waals surface area contributed by atoms with E-state index in [0.717, 1.165) is 36.4 Å². The highest BCUT2D eigenvalue weighted by atomic mass is 32.2. The third kappa shape index (κ3) is 5.09.